The van der Waals surface area contributed by atoms with Crippen LogP contribution in [0.15, 0.2) is 24.5 Å². The summed E-state index contributed by atoms with van der Waals surface area (Å²) in [6.07, 6.45) is 6.63. The molecule has 0 saturated carbocycles. The second kappa shape index (κ2) is 7.44. The fourth-order valence-corrected chi connectivity index (χ4v) is 3.50. The highest BCUT2D eigenvalue weighted by atomic mass is 16.5. The lowest BCUT2D eigenvalue weighted by Gasteiger charge is -2.33. The molecular formula is C20H25N5O3. The number of carbonyl (C=O) groups excluding carboxylic acids is 1. The first-order valence-electron chi connectivity index (χ1n) is 9.63. The molecule has 1 amide bonds. The average molecular weight is 383 g/mol. The molecule has 2 aliphatic rings. The van der Waals surface area contributed by atoms with Crippen LogP contribution in [0.25, 0.3) is 11.3 Å². The first-order valence-corrected chi connectivity index (χ1v) is 9.63. The van der Waals surface area contributed by atoms with Crippen LogP contribution in [-0.2, 0) is 15.1 Å². The van der Waals surface area contributed by atoms with Gasteiger partial charge in [0.25, 0.3) is 0 Å². The number of amides is 1. The molecule has 8 nitrogen and oxygen atoms in total. The van der Waals surface area contributed by atoms with Gasteiger partial charge in [0.15, 0.2) is 11.6 Å². The smallest absolute Gasteiger partial charge is 0.245 e. The maximum absolute atomic E-state index is 12.1. The lowest BCUT2D eigenvalue weighted by Crippen LogP contribution is -2.44. The van der Waals surface area contributed by atoms with Crippen LogP contribution in [0.2, 0.25) is 0 Å². The summed E-state index contributed by atoms with van der Waals surface area (Å²) in [5.41, 5.74) is 1.06. The van der Waals surface area contributed by atoms with E-state index in [9.17, 15) is 9.90 Å². The molecule has 1 fully saturated rings. The van der Waals surface area contributed by atoms with E-state index < -0.39 is 5.60 Å². The molecule has 2 aliphatic heterocycles. The van der Waals surface area contributed by atoms with Gasteiger partial charge >= 0.3 is 0 Å². The highest BCUT2D eigenvalue weighted by Gasteiger charge is 2.28. The Balaban J connectivity index is 1.61. The van der Waals surface area contributed by atoms with Crippen LogP contribution in [-0.4, -0.2) is 51.8 Å². The zero-order valence-electron chi connectivity index (χ0n) is 16.2. The molecule has 1 saturated heterocycles. The maximum atomic E-state index is 12.1. The standard InChI is InChI=1S/C20H25N5O3/c1-20(2,27)16-7-6-13(9-21-16)15-10-22-18-19(23-15)25(12-17(26)24-18)11-14-5-3-4-8-28-14/h6-7,9-10,14,27H,3-5,8,11-12H2,1-2H3,(H,22,24,26). The highest BCUT2D eigenvalue weighted by Crippen LogP contribution is 2.30. The molecule has 2 aromatic heterocycles. The van der Waals surface area contributed by atoms with E-state index in [1.807, 2.05) is 11.0 Å². The summed E-state index contributed by atoms with van der Waals surface area (Å²) < 4.78 is 5.84. The number of ether oxygens (including phenoxy) is 1. The van der Waals surface area contributed by atoms with E-state index in [4.69, 9.17) is 9.72 Å². The van der Waals surface area contributed by atoms with Crippen molar-refractivity contribution in [2.75, 3.05) is 29.9 Å². The Morgan fingerprint density at radius 2 is 2.14 bits per heavy atom. The van der Waals surface area contributed by atoms with E-state index in [1.165, 1.54) is 0 Å². The SMILES string of the molecule is CC(C)(O)c1ccc(-c2cnc3c(n2)N(CC2CCCCO2)CC(=O)N3)cn1. The summed E-state index contributed by atoms with van der Waals surface area (Å²) in [5.74, 6) is 1.02. The predicted molar refractivity (Wildman–Crippen MR) is 105 cm³/mol. The minimum absolute atomic E-state index is 0.0958. The third kappa shape index (κ3) is 3.98. The minimum atomic E-state index is -0.999. The first-order chi connectivity index (χ1) is 13.4. The van der Waals surface area contributed by atoms with E-state index >= 15 is 0 Å². The Kier molecular flexibility index (Phi) is 4.99. The maximum Gasteiger partial charge on any atom is 0.245 e. The van der Waals surface area contributed by atoms with Gasteiger partial charge in [-0.25, -0.2) is 9.97 Å². The summed E-state index contributed by atoms with van der Waals surface area (Å²) in [5, 5.41) is 12.9. The second-order valence-corrected chi connectivity index (χ2v) is 7.84. The fraction of sp³-hybridized carbons (Fsp3) is 0.500. The number of fused-ring (bicyclic) bond motifs is 1. The fourth-order valence-electron chi connectivity index (χ4n) is 3.50. The molecular weight excluding hydrogens is 358 g/mol. The third-order valence-corrected chi connectivity index (χ3v) is 5.03. The molecule has 8 heteroatoms. The van der Waals surface area contributed by atoms with Gasteiger partial charge in [-0.2, -0.15) is 0 Å². The molecule has 1 unspecified atom stereocenters. The van der Waals surface area contributed by atoms with Gasteiger partial charge < -0.3 is 20.1 Å². The lowest BCUT2D eigenvalue weighted by atomic mass is 10.0. The number of rotatable bonds is 4. The average Bonchev–Trinajstić information content (AvgIpc) is 2.68. The minimum Gasteiger partial charge on any atom is -0.384 e. The molecule has 28 heavy (non-hydrogen) atoms. The zero-order valence-corrected chi connectivity index (χ0v) is 16.2. The number of hydrogen-bond donors (Lipinski definition) is 2. The monoisotopic (exact) mass is 383 g/mol. The predicted octanol–water partition coefficient (Wildman–Crippen LogP) is 2.09. The van der Waals surface area contributed by atoms with Crippen LogP contribution >= 0.6 is 0 Å². The quantitative estimate of drug-likeness (QED) is 0.834. The number of pyridine rings is 1. The summed E-state index contributed by atoms with van der Waals surface area (Å²) in [4.78, 5) is 27.5. The van der Waals surface area contributed by atoms with Crippen molar-refractivity contribution in [2.24, 2.45) is 0 Å². The largest absolute Gasteiger partial charge is 0.384 e. The summed E-state index contributed by atoms with van der Waals surface area (Å²) in [7, 11) is 0. The number of nitrogens with one attached hydrogen (secondary N) is 1. The molecule has 0 aromatic carbocycles. The van der Waals surface area contributed by atoms with Gasteiger partial charge in [0.05, 0.1) is 30.2 Å². The van der Waals surface area contributed by atoms with Gasteiger partial charge in [-0.1, -0.05) is 0 Å². The topological polar surface area (TPSA) is 100 Å². The summed E-state index contributed by atoms with van der Waals surface area (Å²) >= 11 is 0. The van der Waals surface area contributed by atoms with Crippen LogP contribution in [0.1, 0.15) is 38.8 Å². The molecule has 4 rings (SSSR count). The number of carbonyl (C=O) groups is 1. The van der Waals surface area contributed by atoms with Gasteiger partial charge in [0.2, 0.25) is 5.91 Å². The van der Waals surface area contributed by atoms with E-state index in [2.05, 4.69) is 15.3 Å². The molecule has 148 valence electrons. The van der Waals surface area contributed by atoms with Crippen molar-refractivity contribution >= 4 is 17.5 Å². The van der Waals surface area contributed by atoms with Crippen LogP contribution in [0.4, 0.5) is 11.6 Å². The molecule has 0 radical (unpaired) electrons. The van der Waals surface area contributed by atoms with E-state index in [1.54, 1.807) is 32.3 Å². The Morgan fingerprint density at radius 1 is 1.29 bits per heavy atom. The van der Waals surface area contributed by atoms with Crippen LogP contribution in [0, 0.1) is 0 Å². The second-order valence-electron chi connectivity index (χ2n) is 7.84. The molecule has 2 aromatic rings. The molecule has 0 aliphatic carbocycles. The molecule has 4 heterocycles. The Morgan fingerprint density at radius 3 is 2.82 bits per heavy atom. The van der Waals surface area contributed by atoms with Gasteiger partial charge in [-0.05, 0) is 45.2 Å². The summed E-state index contributed by atoms with van der Waals surface area (Å²) in [6.45, 7) is 5.01. The highest BCUT2D eigenvalue weighted by molar-refractivity contribution is 5.99. The lowest BCUT2D eigenvalue weighted by molar-refractivity contribution is -0.115. The van der Waals surface area contributed by atoms with E-state index in [-0.39, 0.29) is 18.6 Å². The Labute approximate surface area is 164 Å². The van der Waals surface area contributed by atoms with Gasteiger partial charge in [-0.15, -0.1) is 0 Å². The van der Waals surface area contributed by atoms with Crippen molar-refractivity contribution in [3.63, 3.8) is 0 Å². The van der Waals surface area contributed by atoms with Crippen molar-refractivity contribution in [3.8, 4) is 11.3 Å². The first kappa shape index (κ1) is 18.8. The van der Waals surface area contributed by atoms with Crippen LogP contribution in [0.3, 0.4) is 0 Å². The summed E-state index contributed by atoms with van der Waals surface area (Å²) in [6, 6.07) is 3.65. The Bertz CT molecular complexity index is 857. The normalized spacial score (nSPS) is 19.9. The van der Waals surface area contributed by atoms with Crippen molar-refractivity contribution in [3.05, 3.63) is 30.2 Å². The van der Waals surface area contributed by atoms with Gasteiger partial charge in [0.1, 0.15) is 5.60 Å². The number of aliphatic hydroxyl groups is 1. The number of aromatic nitrogens is 3. The number of nitrogens with zero attached hydrogens (tertiary/aromatic N) is 4. The third-order valence-electron chi connectivity index (χ3n) is 5.03. The van der Waals surface area contributed by atoms with Crippen molar-refractivity contribution in [2.45, 2.75) is 44.8 Å². The van der Waals surface area contributed by atoms with E-state index in [0.29, 0.717) is 29.6 Å². The van der Waals surface area contributed by atoms with Crippen molar-refractivity contribution < 1.29 is 14.6 Å². The molecule has 2 N–H and O–H groups in total. The van der Waals surface area contributed by atoms with Crippen molar-refractivity contribution in [1.82, 2.24) is 15.0 Å². The zero-order chi connectivity index (χ0) is 19.7. The molecule has 0 bridgehead atoms. The van der Waals surface area contributed by atoms with Gasteiger partial charge in [-0.3, -0.25) is 9.78 Å². The van der Waals surface area contributed by atoms with E-state index in [0.717, 1.165) is 31.4 Å². The molecule has 0 spiro atoms. The van der Waals surface area contributed by atoms with Crippen LogP contribution < -0.4 is 10.2 Å². The number of anilines is 2. The van der Waals surface area contributed by atoms with Gasteiger partial charge in [0, 0.05) is 24.9 Å². The van der Waals surface area contributed by atoms with Crippen molar-refractivity contribution in [1.29, 1.82) is 0 Å². The number of hydrogen-bond acceptors (Lipinski definition) is 7. The van der Waals surface area contributed by atoms with Crippen LogP contribution in [0.5, 0.6) is 0 Å². The Hall–Kier alpha value is -2.58. The molecule has 1 atom stereocenters.